The lowest BCUT2D eigenvalue weighted by Crippen LogP contribution is -2.19. The van der Waals surface area contributed by atoms with E-state index in [4.69, 9.17) is 0 Å². The van der Waals surface area contributed by atoms with Crippen molar-refractivity contribution in [3.8, 4) is 0 Å². The minimum absolute atomic E-state index is 0.299. The Morgan fingerprint density at radius 3 is 2.36 bits per heavy atom. The Hall–Kier alpha value is -1.04. The highest BCUT2D eigenvalue weighted by molar-refractivity contribution is 5.25. The zero-order chi connectivity index (χ0) is 10.4. The quantitative estimate of drug-likeness (QED) is 0.617. The van der Waals surface area contributed by atoms with Gasteiger partial charge >= 0.3 is 0 Å². The van der Waals surface area contributed by atoms with E-state index < -0.39 is 0 Å². The van der Waals surface area contributed by atoms with Crippen LogP contribution in [-0.4, -0.2) is 0 Å². The van der Waals surface area contributed by atoms with E-state index in [1.807, 2.05) is 0 Å². The van der Waals surface area contributed by atoms with Crippen LogP contribution in [-0.2, 0) is 5.41 Å². The van der Waals surface area contributed by atoms with Crippen molar-refractivity contribution in [2.45, 2.75) is 39.0 Å². The van der Waals surface area contributed by atoms with E-state index in [1.165, 1.54) is 12.0 Å². The maximum Gasteiger partial charge on any atom is -0.00434 e. The van der Waals surface area contributed by atoms with Gasteiger partial charge in [-0.15, -0.1) is 0 Å². The molecule has 14 heavy (non-hydrogen) atoms. The Morgan fingerprint density at radius 2 is 1.86 bits per heavy atom. The largest absolute Gasteiger partial charge is 0.0916 e. The first-order valence-electron chi connectivity index (χ1n) is 5.39. The number of hydrogen-bond acceptors (Lipinski definition) is 0. The minimum Gasteiger partial charge on any atom is -0.0916 e. The molecule has 0 heteroatoms. The third kappa shape index (κ3) is 2.47. The van der Waals surface area contributed by atoms with Crippen molar-refractivity contribution >= 4 is 0 Å². The molecule has 1 atom stereocenters. The SMILES string of the molecule is C/C=C/CC(C)(CC)c1ccccc1. The van der Waals surface area contributed by atoms with Gasteiger partial charge in [-0.2, -0.15) is 0 Å². The standard InChI is InChI=1S/C14H20/c1-4-6-12-14(3,5-2)13-10-8-7-9-11-13/h4,6-11H,5,12H2,1-3H3/b6-4+. The van der Waals surface area contributed by atoms with Crippen molar-refractivity contribution in [3.63, 3.8) is 0 Å². The maximum absolute atomic E-state index is 2.34. The fourth-order valence-electron chi connectivity index (χ4n) is 1.68. The summed E-state index contributed by atoms with van der Waals surface area (Å²) in [6, 6.07) is 10.8. The number of allylic oxidation sites excluding steroid dienone is 2. The summed E-state index contributed by atoms with van der Waals surface area (Å²) in [5, 5.41) is 0. The maximum atomic E-state index is 2.34. The summed E-state index contributed by atoms with van der Waals surface area (Å²) < 4.78 is 0. The van der Waals surface area contributed by atoms with Gasteiger partial charge in [0.05, 0.1) is 0 Å². The van der Waals surface area contributed by atoms with E-state index in [0.717, 1.165) is 6.42 Å². The second kappa shape index (κ2) is 4.99. The molecule has 0 saturated heterocycles. The molecule has 0 aliphatic carbocycles. The molecule has 0 N–H and O–H groups in total. The third-order valence-corrected chi connectivity index (χ3v) is 3.06. The second-order valence-electron chi connectivity index (χ2n) is 4.05. The van der Waals surface area contributed by atoms with E-state index in [9.17, 15) is 0 Å². The molecular weight excluding hydrogens is 168 g/mol. The van der Waals surface area contributed by atoms with Crippen molar-refractivity contribution in [2.24, 2.45) is 0 Å². The predicted molar refractivity (Wildman–Crippen MR) is 63.5 cm³/mol. The molecular formula is C14H20. The van der Waals surface area contributed by atoms with Crippen LogP contribution in [0.4, 0.5) is 0 Å². The number of benzene rings is 1. The highest BCUT2D eigenvalue weighted by Crippen LogP contribution is 2.31. The summed E-state index contributed by atoms with van der Waals surface area (Å²) in [5.74, 6) is 0. The van der Waals surface area contributed by atoms with E-state index in [-0.39, 0.29) is 0 Å². The van der Waals surface area contributed by atoms with Crippen LogP contribution in [0.5, 0.6) is 0 Å². The van der Waals surface area contributed by atoms with Gasteiger partial charge in [0.15, 0.2) is 0 Å². The van der Waals surface area contributed by atoms with Gasteiger partial charge in [-0.3, -0.25) is 0 Å². The van der Waals surface area contributed by atoms with Gasteiger partial charge in [-0.05, 0) is 30.7 Å². The first kappa shape index (κ1) is 11.0. The highest BCUT2D eigenvalue weighted by atomic mass is 14.3. The molecule has 0 bridgehead atoms. The van der Waals surface area contributed by atoms with Crippen LogP contribution < -0.4 is 0 Å². The van der Waals surface area contributed by atoms with Gasteiger partial charge in [0, 0.05) is 0 Å². The topological polar surface area (TPSA) is 0 Å². The lowest BCUT2D eigenvalue weighted by atomic mass is 9.77. The molecule has 0 amide bonds. The molecule has 0 spiro atoms. The van der Waals surface area contributed by atoms with Gasteiger partial charge in [0.25, 0.3) is 0 Å². The van der Waals surface area contributed by atoms with Gasteiger partial charge < -0.3 is 0 Å². The van der Waals surface area contributed by atoms with Crippen LogP contribution in [0.25, 0.3) is 0 Å². The van der Waals surface area contributed by atoms with Crippen LogP contribution in [0.15, 0.2) is 42.5 Å². The van der Waals surface area contributed by atoms with Crippen LogP contribution in [0.1, 0.15) is 39.2 Å². The monoisotopic (exact) mass is 188 g/mol. The van der Waals surface area contributed by atoms with Crippen LogP contribution in [0.2, 0.25) is 0 Å². The molecule has 0 aliphatic heterocycles. The normalized spacial score (nSPS) is 15.6. The fraction of sp³-hybridized carbons (Fsp3) is 0.429. The summed E-state index contributed by atoms with van der Waals surface area (Å²) in [6.07, 6.45) is 6.71. The zero-order valence-electron chi connectivity index (χ0n) is 9.46. The van der Waals surface area contributed by atoms with Crippen LogP contribution in [0.3, 0.4) is 0 Å². The lowest BCUT2D eigenvalue weighted by Gasteiger charge is -2.27. The van der Waals surface area contributed by atoms with Gasteiger partial charge in [0.2, 0.25) is 0 Å². The molecule has 0 fully saturated rings. The Labute approximate surface area is 87.7 Å². The summed E-state index contributed by atoms with van der Waals surface area (Å²) in [5.41, 5.74) is 1.74. The van der Waals surface area contributed by atoms with Crippen LogP contribution in [0, 0.1) is 0 Å². The van der Waals surface area contributed by atoms with Crippen LogP contribution >= 0.6 is 0 Å². The first-order valence-corrected chi connectivity index (χ1v) is 5.39. The molecule has 1 aromatic rings. The van der Waals surface area contributed by atoms with Gasteiger partial charge in [-0.25, -0.2) is 0 Å². The Kier molecular flexibility index (Phi) is 3.94. The van der Waals surface area contributed by atoms with E-state index in [2.05, 4.69) is 63.3 Å². The minimum atomic E-state index is 0.299. The van der Waals surface area contributed by atoms with Crippen molar-refractivity contribution in [1.29, 1.82) is 0 Å². The molecule has 0 nitrogen and oxygen atoms in total. The molecule has 76 valence electrons. The summed E-state index contributed by atoms with van der Waals surface area (Å²) in [6.45, 7) is 6.68. The molecule has 0 saturated carbocycles. The third-order valence-electron chi connectivity index (χ3n) is 3.06. The number of rotatable bonds is 4. The van der Waals surface area contributed by atoms with Crippen molar-refractivity contribution < 1.29 is 0 Å². The predicted octanol–water partition coefficient (Wildman–Crippen LogP) is 4.32. The summed E-state index contributed by atoms with van der Waals surface area (Å²) in [7, 11) is 0. The number of hydrogen-bond donors (Lipinski definition) is 0. The van der Waals surface area contributed by atoms with Gasteiger partial charge in [-0.1, -0.05) is 56.3 Å². The Balaban J connectivity index is 2.89. The lowest BCUT2D eigenvalue weighted by molar-refractivity contribution is 0.461. The van der Waals surface area contributed by atoms with Crippen molar-refractivity contribution in [1.82, 2.24) is 0 Å². The second-order valence-corrected chi connectivity index (χ2v) is 4.05. The molecule has 1 rings (SSSR count). The Morgan fingerprint density at radius 1 is 1.21 bits per heavy atom. The highest BCUT2D eigenvalue weighted by Gasteiger charge is 2.22. The molecule has 0 heterocycles. The van der Waals surface area contributed by atoms with E-state index in [0.29, 0.717) is 5.41 Å². The van der Waals surface area contributed by atoms with Crippen molar-refractivity contribution in [2.75, 3.05) is 0 Å². The molecule has 0 aromatic heterocycles. The van der Waals surface area contributed by atoms with Crippen molar-refractivity contribution in [3.05, 3.63) is 48.0 Å². The Bertz CT molecular complexity index is 284. The first-order chi connectivity index (χ1) is 6.73. The van der Waals surface area contributed by atoms with E-state index in [1.54, 1.807) is 0 Å². The van der Waals surface area contributed by atoms with E-state index >= 15 is 0 Å². The average Bonchev–Trinajstić information content (AvgIpc) is 2.27. The summed E-state index contributed by atoms with van der Waals surface area (Å²) in [4.78, 5) is 0. The zero-order valence-corrected chi connectivity index (χ0v) is 9.46. The fourth-order valence-corrected chi connectivity index (χ4v) is 1.68. The average molecular weight is 188 g/mol. The summed E-state index contributed by atoms with van der Waals surface area (Å²) >= 11 is 0. The molecule has 1 unspecified atom stereocenters. The smallest absolute Gasteiger partial charge is 0.00434 e. The molecule has 1 aromatic carbocycles. The molecule has 0 radical (unpaired) electrons. The molecule has 0 aliphatic rings. The van der Waals surface area contributed by atoms with Gasteiger partial charge in [0.1, 0.15) is 0 Å².